The fourth-order valence-corrected chi connectivity index (χ4v) is 9.99. The molecule has 54 heavy (non-hydrogen) atoms. The Bertz CT molecular complexity index is 1950. The van der Waals surface area contributed by atoms with Gasteiger partial charge in [-0.05, 0) is 50.7 Å². The second-order valence-corrected chi connectivity index (χ2v) is 17.8. The Morgan fingerprint density at radius 3 is 2.35 bits per heavy atom. The molecule has 1 aromatic carbocycles. The molecule has 1 aromatic heterocycles. The molecule has 292 valence electrons. The maximum absolute atomic E-state index is 15.3. The number of fused-ring (bicyclic) bond motifs is 1. The van der Waals surface area contributed by atoms with E-state index in [1.807, 2.05) is 0 Å². The summed E-state index contributed by atoms with van der Waals surface area (Å²) in [5, 5.41) is 33.6. The zero-order chi connectivity index (χ0) is 39.2. The Kier molecular flexibility index (Phi) is 10.7. The Morgan fingerprint density at radius 2 is 1.72 bits per heavy atom. The number of carbonyl (C=O) groups is 5. The summed E-state index contributed by atoms with van der Waals surface area (Å²) in [6, 6.07) is 3.66. The van der Waals surface area contributed by atoms with Gasteiger partial charge in [0, 0.05) is 18.5 Å². The number of nitrogens with zero attached hydrogens (tertiary/aromatic N) is 5. The average Bonchev–Trinajstić information content (AvgIpc) is 3.80. The highest BCUT2D eigenvalue weighted by atomic mass is 32.2. The van der Waals surface area contributed by atoms with Gasteiger partial charge in [0.2, 0.25) is 17.6 Å². The Balaban J connectivity index is 1.42. The van der Waals surface area contributed by atoms with Crippen molar-refractivity contribution < 1.29 is 42.6 Å². The highest BCUT2D eigenvalue weighted by molar-refractivity contribution is 7.91. The number of likely N-dealkylation sites (tertiary alicyclic amines) is 1. The molecule has 6 rings (SSSR count). The van der Waals surface area contributed by atoms with E-state index < -0.39 is 99.1 Å². The van der Waals surface area contributed by atoms with Gasteiger partial charge < -0.3 is 36.8 Å². The largest absolute Gasteiger partial charge is 0.384 e. The van der Waals surface area contributed by atoms with Gasteiger partial charge in [-0.3, -0.25) is 24.0 Å². The van der Waals surface area contributed by atoms with Gasteiger partial charge in [0.15, 0.2) is 16.1 Å². The quantitative estimate of drug-likeness (QED) is 0.188. The molecule has 4 atom stereocenters. The average molecular weight is 769 g/mol. The predicted molar refractivity (Wildman–Crippen MR) is 193 cm³/mol. The van der Waals surface area contributed by atoms with Gasteiger partial charge in [0.05, 0.1) is 29.4 Å². The molecule has 4 aliphatic rings. The summed E-state index contributed by atoms with van der Waals surface area (Å²) in [6.45, 7) is 2.94. The van der Waals surface area contributed by atoms with Crippen LogP contribution in [0.1, 0.15) is 101 Å². The number of sulfone groups is 1. The van der Waals surface area contributed by atoms with Gasteiger partial charge in [-0.2, -0.15) is 0 Å². The summed E-state index contributed by atoms with van der Waals surface area (Å²) in [6.07, 6.45) is 5.33. The normalized spacial score (nSPS) is 24.6. The number of Topliss-reactive ketones (excluding diaryl/α,β-unsaturated/α-hetero) is 1. The standard InChI is InChI=1S/C36H48N8O9S/c1-35(2,51)28-19-39-41-44(28)23-18-26(32(48)40-36(29(45)31(38)47)12-14-54(52,53)15-13-36)42(20-23)34(50)27(16-21-8-4-3-5-9-21)43-25(30(37)46)17-22-10-6-7-11-24(22)33(43)49/h6-7,10-11,17,19,21,23,26-27,33,49,51H,3-5,8-9,12-16,18,20H2,1-2H3,(H2,37,46)(H2,38,47)(H,40,48)/t23-,26-,27+,33?/m0/s1. The molecule has 7 N–H and O–H groups in total. The molecular weight excluding hydrogens is 721 g/mol. The van der Waals surface area contributed by atoms with Crippen molar-refractivity contribution in [1.29, 1.82) is 0 Å². The first-order valence-corrected chi connectivity index (χ1v) is 20.1. The van der Waals surface area contributed by atoms with Crippen molar-refractivity contribution in [3.05, 3.63) is 53.0 Å². The molecule has 3 fully saturated rings. The Hall–Kier alpha value is -4.68. The van der Waals surface area contributed by atoms with Gasteiger partial charge in [0.25, 0.3) is 11.8 Å². The van der Waals surface area contributed by atoms with Crippen LogP contribution in [-0.2, 0) is 39.4 Å². The van der Waals surface area contributed by atoms with Crippen LogP contribution in [0.15, 0.2) is 36.2 Å². The molecule has 1 aliphatic carbocycles. The predicted octanol–water partition coefficient (Wildman–Crippen LogP) is -0.0626. The summed E-state index contributed by atoms with van der Waals surface area (Å²) in [7, 11) is -3.56. The summed E-state index contributed by atoms with van der Waals surface area (Å²) in [5.74, 6) is -5.73. The van der Waals surface area contributed by atoms with E-state index in [0.717, 1.165) is 32.1 Å². The van der Waals surface area contributed by atoms with Gasteiger partial charge in [-0.25, -0.2) is 13.1 Å². The number of carbonyl (C=O) groups excluding carboxylic acids is 5. The van der Waals surface area contributed by atoms with Crippen LogP contribution in [0.4, 0.5) is 0 Å². The van der Waals surface area contributed by atoms with Crippen molar-refractivity contribution in [2.24, 2.45) is 17.4 Å². The third-order valence-corrected chi connectivity index (χ3v) is 13.0. The summed E-state index contributed by atoms with van der Waals surface area (Å²) in [5.41, 5.74) is 9.19. The van der Waals surface area contributed by atoms with Crippen molar-refractivity contribution in [1.82, 2.24) is 30.1 Å². The van der Waals surface area contributed by atoms with Gasteiger partial charge in [-0.1, -0.05) is 61.6 Å². The molecule has 18 heteroatoms. The number of aliphatic hydroxyl groups excluding tert-OH is 1. The minimum Gasteiger partial charge on any atom is -0.384 e. The molecule has 1 unspecified atom stereocenters. The molecule has 1 saturated carbocycles. The zero-order valence-electron chi connectivity index (χ0n) is 30.4. The van der Waals surface area contributed by atoms with Crippen LogP contribution in [0.25, 0.3) is 6.08 Å². The fourth-order valence-electron chi connectivity index (χ4n) is 8.47. The SMILES string of the molecule is CC(C)(O)c1cnnn1[C@H]1C[C@@H](C(=O)NC2(C(=O)C(N)=O)CCS(=O)(=O)CC2)N(C(=O)[C@@H](CC2CCCCC2)N2C(C(N)=O)=Cc3ccccc3C2O)C1. The van der Waals surface area contributed by atoms with Crippen molar-refractivity contribution in [2.75, 3.05) is 18.1 Å². The summed E-state index contributed by atoms with van der Waals surface area (Å²) in [4.78, 5) is 70.9. The molecule has 4 heterocycles. The Labute approximate surface area is 313 Å². The minimum absolute atomic E-state index is 0.0367. The van der Waals surface area contributed by atoms with Crippen LogP contribution in [0, 0.1) is 5.92 Å². The van der Waals surface area contributed by atoms with Crippen molar-refractivity contribution >= 4 is 45.3 Å². The maximum atomic E-state index is 15.3. The van der Waals surface area contributed by atoms with E-state index in [1.54, 1.807) is 24.3 Å². The van der Waals surface area contributed by atoms with Gasteiger partial charge in [0.1, 0.15) is 28.9 Å². The van der Waals surface area contributed by atoms with E-state index in [0.29, 0.717) is 16.8 Å². The number of nitrogens with one attached hydrogen (secondary N) is 1. The number of benzene rings is 1. The smallest absolute Gasteiger partial charge is 0.287 e. The number of ketones is 1. The topological polar surface area (TPSA) is 261 Å². The van der Waals surface area contributed by atoms with E-state index in [9.17, 15) is 37.8 Å². The molecule has 0 spiro atoms. The zero-order valence-corrected chi connectivity index (χ0v) is 31.2. The molecular formula is C36H48N8O9S. The number of nitrogens with two attached hydrogens (primary N) is 2. The number of hydrogen-bond acceptors (Lipinski definition) is 12. The molecule has 0 radical (unpaired) electrons. The molecule has 2 aromatic rings. The van der Waals surface area contributed by atoms with Crippen LogP contribution in [0.5, 0.6) is 0 Å². The first-order valence-electron chi connectivity index (χ1n) is 18.3. The minimum atomic E-state index is -3.56. The molecule has 0 bridgehead atoms. The van der Waals surface area contributed by atoms with E-state index in [2.05, 4.69) is 15.6 Å². The number of rotatable bonds is 11. The van der Waals surface area contributed by atoms with Crippen LogP contribution in [0.2, 0.25) is 0 Å². The number of hydrogen-bond donors (Lipinski definition) is 5. The van der Waals surface area contributed by atoms with Gasteiger partial charge >= 0.3 is 0 Å². The van der Waals surface area contributed by atoms with Crippen LogP contribution < -0.4 is 16.8 Å². The first kappa shape index (κ1) is 39.0. The molecule has 2 saturated heterocycles. The van der Waals surface area contributed by atoms with Crippen LogP contribution in [-0.4, -0.2) is 109 Å². The van der Waals surface area contributed by atoms with E-state index in [1.165, 1.54) is 40.6 Å². The second-order valence-electron chi connectivity index (χ2n) is 15.5. The molecule has 4 amide bonds. The van der Waals surface area contributed by atoms with Crippen molar-refractivity contribution in [3.63, 3.8) is 0 Å². The summed E-state index contributed by atoms with van der Waals surface area (Å²) < 4.78 is 26.2. The molecule has 17 nitrogen and oxygen atoms in total. The van der Waals surface area contributed by atoms with Gasteiger partial charge in [-0.15, -0.1) is 5.10 Å². The van der Waals surface area contributed by atoms with Crippen molar-refractivity contribution in [2.45, 2.75) is 107 Å². The third-order valence-electron chi connectivity index (χ3n) is 11.4. The Morgan fingerprint density at radius 1 is 1.06 bits per heavy atom. The highest BCUT2D eigenvalue weighted by Crippen LogP contribution is 2.40. The number of aliphatic hydroxyl groups is 2. The number of amides is 4. The van der Waals surface area contributed by atoms with E-state index >= 15 is 4.79 Å². The lowest BCUT2D eigenvalue weighted by atomic mass is 9.83. The van der Waals surface area contributed by atoms with E-state index in [4.69, 9.17) is 11.5 Å². The first-order chi connectivity index (χ1) is 25.4. The number of primary amides is 2. The van der Waals surface area contributed by atoms with Crippen LogP contribution in [0.3, 0.4) is 0 Å². The van der Waals surface area contributed by atoms with E-state index in [-0.39, 0.29) is 31.0 Å². The highest BCUT2D eigenvalue weighted by Gasteiger charge is 2.52. The van der Waals surface area contributed by atoms with Crippen molar-refractivity contribution in [3.8, 4) is 0 Å². The lowest BCUT2D eigenvalue weighted by Crippen LogP contribution is -2.64. The third kappa shape index (κ3) is 7.63. The number of aromatic nitrogens is 3. The fraction of sp³-hybridized carbons (Fsp3) is 0.583. The molecule has 3 aliphatic heterocycles. The van der Waals surface area contributed by atoms with Crippen LogP contribution >= 0.6 is 0 Å². The maximum Gasteiger partial charge on any atom is 0.287 e. The summed E-state index contributed by atoms with van der Waals surface area (Å²) >= 11 is 0. The second kappa shape index (κ2) is 14.9. The monoisotopic (exact) mass is 768 g/mol. The lowest BCUT2D eigenvalue weighted by Gasteiger charge is -2.43. The lowest BCUT2D eigenvalue weighted by molar-refractivity contribution is -0.149.